The number of carbonyl (C=O) groups is 1. The first-order valence-corrected chi connectivity index (χ1v) is 8.97. The molecule has 130 valence electrons. The molecule has 0 unspecified atom stereocenters. The number of aromatic amines is 1. The van der Waals surface area contributed by atoms with E-state index in [1.807, 2.05) is 31.2 Å². The van der Waals surface area contributed by atoms with Gasteiger partial charge in [-0.05, 0) is 18.6 Å². The lowest BCUT2D eigenvalue weighted by Crippen LogP contribution is -2.24. The Morgan fingerprint density at radius 3 is 2.92 bits per heavy atom. The van der Waals surface area contributed by atoms with Crippen LogP contribution in [0.3, 0.4) is 0 Å². The lowest BCUT2D eigenvalue weighted by Gasteiger charge is -2.24. The molecule has 1 aromatic carbocycles. The Morgan fingerprint density at radius 1 is 1.42 bits per heavy atom. The minimum absolute atomic E-state index is 0.0360. The fourth-order valence-electron chi connectivity index (χ4n) is 3.60. The van der Waals surface area contributed by atoms with Gasteiger partial charge in [0.1, 0.15) is 27.9 Å². The molecule has 3 aromatic rings. The van der Waals surface area contributed by atoms with E-state index >= 15 is 0 Å². The van der Waals surface area contributed by atoms with E-state index in [2.05, 4.69) is 16.4 Å². The molecular formula is C19H17N4O2S+. The van der Waals surface area contributed by atoms with Gasteiger partial charge in [-0.15, -0.1) is 11.3 Å². The molecule has 0 saturated carbocycles. The maximum absolute atomic E-state index is 12.3. The van der Waals surface area contributed by atoms with Gasteiger partial charge in [-0.3, -0.25) is 10.5 Å². The Kier molecular flexibility index (Phi) is 3.78. The van der Waals surface area contributed by atoms with E-state index in [0.29, 0.717) is 17.8 Å². The maximum Gasteiger partial charge on any atom is 0.289 e. The molecule has 0 radical (unpaired) electrons. The van der Waals surface area contributed by atoms with Crippen LogP contribution in [-0.4, -0.2) is 13.0 Å². The number of aryl methyl sites for hydroxylation is 1. The third kappa shape index (κ3) is 2.30. The zero-order valence-corrected chi connectivity index (χ0v) is 15.2. The summed E-state index contributed by atoms with van der Waals surface area (Å²) in [6.07, 6.45) is 0.325. The van der Waals surface area contributed by atoms with E-state index in [4.69, 9.17) is 10.5 Å². The number of anilines is 2. The number of nitriles is 1. The van der Waals surface area contributed by atoms with Crippen molar-refractivity contribution in [2.75, 3.05) is 18.2 Å². The molecular weight excluding hydrogens is 348 g/mol. The lowest BCUT2D eigenvalue weighted by molar-refractivity contribution is -0.327. The Labute approximate surface area is 154 Å². The zero-order valence-electron chi connectivity index (χ0n) is 14.3. The van der Waals surface area contributed by atoms with E-state index in [1.165, 1.54) is 11.3 Å². The Bertz CT molecular complexity index is 1100. The molecule has 6 nitrogen and oxygen atoms in total. The summed E-state index contributed by atoms with van der Waals surface area (Å²) in [7, 11) is 1.63. The van der Waals surface area contributed by atoms with Crippen LogP contribution in [0.15, 0.2) is 24.3 Å². The molecule has 4 rings (SSSR count). The van der Waals surface area contributed by atoms with Gasteiger partial charge >= 0.3 is 0 Å². The van der Waals surface area contributed by atoms with Gasteiger partial charge in [0, 0.05) is 23.5 Å². The number of aromatic nitrogens is 1. The van der Waals surface area contributed by atoms with Crippen molar-refractivity contribution in [1.29, 1.82) is 5.26 Å². The number of fused-ring (bicyclic) bond motifs is 3. The Balaban J connectivity index is 2.03. The summed E-state index contributed by atoms with van der Waals surface area (Å²) in [4.78, 5) is 15.5. The van der Waals surface area contributed by atoms with Crippen LogP contribution in [0.4, 0.5) is 10.8 Å². The molecule has 26 heavy (non-hydrogen) atoms. The van der Waals surface area contributed by atoms with Crippen molar-refractivity contribution < 1.29 is 14.5 Å². The number of para-hydroxylation sites is 1. The second-order valence-corrected chi connectivity index (χ2v) is 7.27. The number of methoxy groups -OCH3 is 1. The summed E-state index contributed by atoms with van der Waals surface area (Å²) < 4.78 is 6.45. The van der Waals surface area contributed by atoms with Crippen molar-refractivity contribution >= 4 is 38.3 Å². The fourth-order valence-corrected chi connectivity index (χ4v) is 4.84. The number of hydrogen-bond acceptors (Lipinski definition) is 5. The number of nitrogens with two attached hydrogens (primary N) is 1. The molecule has 3 heterocycles. The SMILES string of the molecule is COc1ccccc1[C@@H]1CC(=O)Nc2sc3c(C)c(C#N)c(N)[nH+]c3c21. The van der Waals surface area contributed by atoms with Gasteiger partial charge in [0.05, 0.1) is 11.8 Å². The van der Waals surface area contributed by atoms with Gasteiger partial charge in [-0.25, -0.2) is 4.98 Å². The number of benzene rings is 1. The molecule has 1 atom stereocenters. The summed E-state index contributed by atoms with van der Waals surface area (Å²) in [6.45, 7) is 1.88. The van der Waals surface area contributed by atoms with E-state index in [1.54, 1.807) is 7.11 Å². The van der Waals surface area contributed by atoms with Gasteiger partial charge in [0.25, 0.3) is 5.82 Å². The summed E-state index contributed by atoms with van der Waals surface area (Å²) in [6, 6.07) is 9.87. The first kappa shape index (κ1) is 16.4. The number of H-pyrrole nitrogens is 1. The van der Waals surface area contributed by atoms with Gasteiger partial charge in [0.2, 0.25) is 5.91 Å². The van der Waals surface area contributed by atoms with Gasteiger partial charge in [0.15, 0.2) is 0 Å². The number of hydrogen-bond donors (Lipinski definition) is 2. The van der Waals surface area contributed by atoms with E-state index < -0.39 is 0 Å². The molecule has 1 aliphatic rings. The average molecular weight is 365 g/mol. The first-order valence-electron chi connectivity index (χ1n) is 8.15. The number of nitrogens with zero attached hydrogens (tertiary/aromatic N) is 1. The van der Waals surface area contributed by atoms with Crippen LogP contribution in [0.2, 0.25) is 0 Å². The molecule has 1 aliphatic heterocycles. The third-order valence-corrected chi connectivity index (χ3v) is 6.05. The molecule has 4 N–H and O–H groups in total. The highest BCUT2D eigenvalue weighted by Gasteiger charge is 2.34. The normalized spacial score (nSPS) is 16.0. The quantitative estimate of drug-likeness (QED) is 0.729. The van der Waals surface area contributed by atoms with Crippen LogP contribution >= 0.6 is 11.3 Å². The second kappa shape index (κ2) is 6.00. The number of nitrogen functional groups attached to an aromatic ring is 1. The molecule has 0 aliphatic carbocycles. The van der Waals surface area contributed by atoms with Crippen molar-refractivity contribution in [2.24, 2.45) is 0 Å². The average Bonchev–Trinajstić information content (AvgIpc) is 2.99. The van der Waals surface area contributed by atoms with Crippen molar-refractivity contribution in [3.8, 4) is 11.8 Å². The van der Waals surface area contributed by atoms with E-state index in [9.17, 15) is 10.1 Å². The molecule has 0 spiro atoms. The minimum atomic E-state index is -0.147. The topological polar surface area (TPSA) is 102 Å². The van der Waals surface area contributed by atoms with E-state index in [-0.39, 0.29) is 11.8 Å². The minimum Gasteiger partial charge on any atom is -0.496 e. The van der Waals surface area contributed by atoms with Gasteiger partial charge < -0.3 is 10.1 Å². The summed E-state index contributed by atoms with van der Waals surface area (Å²) in [5.74, 6) is 0.905. The Hall–Kier alpha value is -3.11. The van der Waals surface area contributed by atoms with Crippen molar-refractivity contribution in [2.45, 2.75) is 19.3 Å². The first-order chi connectivity index (χ1) is 12.5. The predicted molar refractivity (Wildman–Crippen MR) is 100 cm³/mol. The van der Waals surface area contributed by atoms with Crippen LogP contribution in [0.25, 0.3) is 10.2 Å². The lowest BCUT2D eigenvalue weighted by atomic mass is 9.86. The number of ether oxygens (including phenoxy) is 1. The second-order valence-electron chi connectivity index (χ2n) is 6.25. The molecule has 1 amide bonds. The van der Waals surface area contributed by atoms with Crippen LogP contribution in [-0.2, 0) is 4.79 Å². The van der Waals surface area contributed by atoms with Gasteiger partial charge in [-0.1, -0.05) is 18.2 Å². The predicted octanol–water partition coefficient (Wildman–Crippen LogP) is 2.96. The summed E-state index contributed by atoms with van der Waals surface area (Å²) in [5.41, 5.74) is 10.2. The molecule has 0 bridgehead atoms. The van der Waals surface area contributed by atoms with Crippen molar-refractivity contribution in [3.63, 3.8) is 0 Å². The summed E-state index contributed by atoms with van der Waals surface area (Å²) in [5, 5.41) is 13.1. The molecule has 0 saturated heterocycles. The number of pyridine rings is 1. The molecule has 7 heteroatoms. The van der Waals surface area contributed by atoms with E-state index in [0.717, 1.165) is 37.7 Å². The van der Waals surface area contributed by atoms with Crippen molar-refractivity contribution in [3.05, 3.63) is 46.5 Å². The van der Waals surface area contributed by atoms with Crippen LogP contribution in [0, 0.1) is 18.3 Å². The summed E-state index contributed by atoms with van der Waals surface area (Å²) >= 11 is 1.47. The zero-order chi connectivity index (χ0) is 18.4. The standard InChI is InChI=1S/C19H16N4O2S/c1-9-12(8-20)18(21)23-16-15-11(10-5-3-4-6-13(10)25-2)7-14(24)22-19(15)26-17(9)16/h3-6,11H,7H2,1-2H3,(H2,21,23)(H,22,24)/p+1/t11-/m0/s1. The third-order valence-electron chi connectivity index (χ3n) is 4.81. The highest BCUT2D eigenvalue weighted by atomic mass is 32.1. The van der Waals surface area contributed by atoms with Gasteiger partial charge in [-0.2, -0.15) is 5.26 Å². The highest BCUT2D eigenvalue weighted by molar-refractivity contribution is 7.23. The maximum atomic E-state index is 12.3. The van der Waals surface area contributed by atoms with Crippen molar-refractivity contribution in [1.82, 2.24) is 0 Å². The fraction of sp³-hybridized carbons (Fsp3) is 0.211. The number of carbonyl (C=O) groups excluding carboxylic acids is 1. The number of thiophene rings is 1. The van der Waals surface area contributed by atoms with Crippen LogP contribution in [0.5, 0.6) is 5.75 Å². The van der Waals surface area contributed by atoms with Crippen LogP contribution < -0.4 is 20.8 Å². The monoisotopic (exact) mass is 365 g/mol. The number of amides is 1. The highest BCUT2D eigenvalue weighted by Crippen LogP contribution is 2.48. The molecule has 0 fully saturated rings. The smallest absolute Gasteiger partial charge is 0.289 e. The number of nitrogens with one attached hydrogen (secondary N) is 2. The Morgan fingerprint density at radius 2 is 2.19 bits per heavy atom. The largest absolute Gasteiger partial charge is 0.496 e. The van der Waals surface area contributed by atoms with Crippen LogP contribution in [0.1, 0.15) is 34.6 Å². The molecule has 2 aromatic heterocycles. The number of rotatable bonds is 2.